The van der Waals surface area contributed by atoms with Crippen molar-refractivity contribution in [2.45, 2.75) is 13.8 Å². The van der Waals surface area contributed by atoms with E-state index in [-0.39, 0.29) is 0 Å². The second-order valence-electron chi connectivity index (χ2n) is 16.7. The number of furan rings is 2. The topological polar surface area (TPSA) is 32.8 Å². The Bertz CT molecular complexity index is 3560. The van der Waals surface area contributed by atoms with Crippen LogP contribution in [0.1, 0.15) is 11.1 Å². The molecule has 2 heterocycles. The number of para-hydroxylation sites is 4. The highest BCUT2D eigenvalue weighted by Crippen LogP contribution is 2.52. The van der Waals surface area contributed by atoms with Crippen LogP contribution in [0, 0.1) is 13.8 Å². The number of anilines is 6. The quantitative estimate of drug-likeness (QED) is 0.168. The van der Waals surface area contributed by atoms with Gasteiger partial charge in [0.15, 0.2) is 0 Å². The molecule has 0 saturated carbocycles. The molecule has 0 saturated heterocycles. The first kappa shape index (κ1) is 34.8. The van der Waals surface area contributed by atoms with Crippen LogP contribution < -0.4 is 9.80 Å². The maximum absolute atomic E-state index is 6.38. The molecule has 4 nitrogen and oxygen atoms in total. The van der Waals surface area contributed by atoms with Crippen molar-refractivity contribution in [2.75, 3.05) is 9.80 Å². The number of nitrogens with zero attached hydrogens (tertiary/aromatic N) is 2. The monoisotopic (exact) mass is 794 g/mol. The molecule has 0 fully saturated rings. The van der Waals surface area contributed by atoms with Gasteiger partial charge >= 0.3 is 0 Å². The second kappa shape index (κ2) is 13.2. The molecule has 12 aromatic rings. The van der Waals surface area contributed by atoms with Crippen LogP contribution in [0.5, 0.6) is 0 Å². The van der Waals surface area contributed by atoms with Crippen molar-refractivity contribution in [3.63, 3.8) is 0 Å². The van der Waals surface area contributed by atoms with E-state index in [0.29, 0.717) is 0 Å². The van der Waals surface area contributed by atoms with E-state index in [4.69, 9.17) is 8.83 Å². The average Bonchev–Trinajstić information content (AvgIpc) is 3.87. The summed E-state index contributed by atoms with van der Waals surface area (Å²) in [7, 11) is 0. The van der Waals surface area contributed by atoms with E-state index in [2.05, 4.69) is 194 Å². The van der Waals surface area contributed by atoms with Gasteiger partial charge in [-0.3, -0.25) is 0 Å². The molecular formula is C58H38N2O2. The van der Waals surface area contributed by atoms with Crippen LogP contribution in [0.2, 0.25) is 0 Å². The molecule has 10 aromatic carbocycles. The molecule has 2 aromatic heterocycles. The Balaban J connectivity index is 0.910. The third-order valence-electron chi connectivity index (χ3n) is 13.0. The molecule has 1 aliphatic rings. The molecular weight excluding hydrogens is 757 g/mol. The molecule has 0 N–H and O–H groups in total. The van der Waals surface area contributed by atoms with Crippen molar-refractivity contribution < 1.29 is 8.83 Å². The molecule has 4 heteroatoms. The van der Waals surface area contributed by atoms with Gasteiger partial charge in [0.05, 0.1) is 0 Å². The van der Waals surface area contributed by atoms with E-state index >= 15 is 0 Å². The summed E-state index contributed by atoms with van der Waals surface area (Å²) in [6.45, 7) is 4.36. The maximum Gasteiger partial charge on any atom is 0.137 e. The lowest BCUT2D eigenvalue weighted by Crippen LogP contribution is -2.11. The van der Waals surface area contributed by atoms with Gasteiger partial charge in [-0.05, 0) is 166 Å². The zero-order valence-corrected chi connectivity index (χ0v) is 34.2. The number of hydrogen-bond acceptors (Lipinski definition) is 4. The van der Waals surface area contributed by atoms with Crippen LogP contribution in [0.25, 0.3) is 87.7 Å². The SMILES string of the molecule is Cc1ccccc1N(c1ccc2cc3c(cc2c1)-c1cc2cc(N(c4ccc5c(c4)oc4ccccc45)c4ccccc4C)ccc2cc1-3)c1ccc2c(c1)oc1ccccc12. The van der Waals surface area contributed by atoms with Crippen molar-refractivity contribution in [3.05, 3.63) is 205 Å². The van der Waals surface area contributed by atoms with Gasteiger partial charge in [-0.2, -0.15) is 0 Å². The molecule has 0 amide bonds. The summed E-state index contributed by atoms with van der Waals surface area (Å²) < 4.78 is 12.8. The summed E-state index contributed by atoms with van der Waals surface area (Å²) in [5.74, 6) is 0. The van der Waals surface area contributed by atoms with Gasteiger partial charge in [0.2, 0.25) is 0 Å². The Morgan fingerprint density at radius 1 is 0.290 bits per heavy atom. The first-order valence-electron chi connectivity index (χ1n) is 21.2. The summed E-state index contributed by atoms with van der Waals surface area (Å²) >= 11 is 0. The number of hydrogen-bond donors (Lipinski definition) is 0. The highest BCUT2D eigenvalue weighted by atomic mass is 16.3. The normalized spacial score (nSPS) is 12.0. The van der Waals surface area contributed by atoms with E-state index in [1.807, 2.05) is 24.3 Å². The molecule has 292 valence electrons. The first-order chi connectivity index (χ1) is 30.5. The highest BCUT2D eigenvalue weighted by Gasteiger charge is 2.26. The van der Waals surface area contributed by atoms with E-state index in [1.165, 1.54) is 54.9 Å². The van der Waals surface area contributed by atoms with Gasteiger partial charge in [-0.1, -0.05) is 84.9 Å². The first-order valence-corrected chi connectivity index (χ1v) is 21.2. The number of benzene rings is 10. The lowest BCUT2D eigenvalue weighted by molar-refractivity contribution is 0.668. The summed E-state index contributed by atoms with van der Waals surface area (Å²) in [6, 6.07) is 70.1. The standard InChI is InChI=1S/C58H38N2O2/c1-35-11-3-7-15-53(35)59(43-23-25-47-45-13-5-9-17-55(45)61-57(47)33-43)41-21-19-37-29-49-50-30-38-20-22-42(28-40(38)32-52(50)51(49)31-39(37)27-41)60(54-16-8-4-12-36(54)2)44-24-26-48-46-14-6-10-18-56(46)62-58(48)34-44/h3-34H,1-2H3. The summed E-state index contributed by atoms with van der Waals surface area (Å²) in [5, 5.41) is 9.37. The van der Waals surface area contributed by atoms with E-state index < -0.39 is 0 Å². The minimum atomic E-state index is 0.880. The Morgan fingerprint density at radius 3 is 1.10 bits per heavy atom. The molecule has 13 rings (SSSR count). The molecule has 0 bridgehead atoms. The maximum atomic E-state index is 6.38. The van der Waals surface area contributed by atoms with E-state index in [9.17, 15) is 0 Å². The zero-order valence-electron chi connectivity index (χ0n) is 34.2. The van der Waals surface area contributed by atoms with Gasteiger partial charge in [-0.25, -0.2) is 0 Å². The third-order valence-corrected chi connectivity index (χ3v) is 13.0. The van der Waals surface area contributed by atoms with Gasteiger partial charge in [0, 0.05) is 67.8 Å². The summed E-state index contributed by atoms with van der Waals surface area (Å²) in [5.41, 5.74) is 17.7. The minimum absolute atomic E-state index is 0.880. The Hall–Kier alpha value is -8.08. The van der Waals surface area contributed by atoms with Gasteiger partial charge in [0.1, 0.15) is 22.3 Å². The highest BCUT2D eigenvalue weighted by molar-refractivity contribution is 6.13. The predicted octanol–water partition coefficient (Wildman–Crippen LogP) is 17.0. The molecule has 1 aliphatic carbocycles. The third kappa shape index (κ3) is 5.26. The molecule has 0 radical (unpaired) electrons. The van der Waals surface area contributed by atoms with Crippen LogP contribution in [0.3, 0.4) is 0 Å². The van der Waals surface area contributed by atoms with Gasteiger partial charge in [-0.15, -0.1) is 0 Å². The van der Waals surface area contributed by atoms with Crippen LogP contribution in [0.4, 0.5) is 34.1 Å². The van der Waals surface area contributed by atoms with Crippen LogP contribution in [-0.4, -0.2) is 0 Å². The number of rotatable bonds is 6. The van der Waals surface area contributed by atoms with E-state index in [1.54, 1.807) is 0 Å². The lowest BCUT2D eigenvalue weighted by atomic mass is 9.78. The Morgan fingerprint density at radius 2 is 0.645 bits per heavy atom. The summed E-state index contributed by atoms with van der Waals surface area (Å²) in [6.07, 6.45) is 0. The molecule has 62 heavy (non-hydrogen) atoms. The Labute approximate surface area is 358 Å². The smallest absolute Gasteiger partial charge is 0.137 e. The largest absolute Gasteiger partial charge is 0.456 e. The van der Waals surface area contributed by atoms with Crippen molar-refractivity contribution in [1.82, 2.24) is 0 Å². The summed E-state index contributed by atoms with van der Waals surface area (Å²) in [4.78, 5) is 4.71. The number of fused-ring (bicyclic) bond motifs is 12. The fourth-order valence-corrected chi connectivity index (χ4v) is 9.87. The molecule has 0 aliphatic heterocycles. The van der Waals surface area contributed by atoms with E-state index in [0.717, 1.165) is 78.0 Å². The van der Waals surface area contributed by atoms with Crippen LogP contribution in [-0.2, 0) is 0 Å². The van der Waals surface area contributed by atoms with Crippen molar-refractivity contribution in [1.29, 1.82) is 0 Å². The molecule has 0 unspecified atom stereocenters. The van der Waals surface area contributed by atoms with Crippen LogP contribution in [0.15, 0.2) is 203 Å². The fraction of sp³-hybridized carbons (Fsp3) is 0.0345. The minimum Gasteiger partial charge on any atom is -0.456 e. The lowest BCUT2D eigenvalue weighted by Gasteiger charge is -2.29. The second-order valence-corrected chi connectivity index (χ2v) is 16.7. The van der Waals surface area contributed by atoms with Gasteiger partial charge < -0.3 is 18.6 Å². The van der Waals surface area contributed by atoms with Crippen molar-refractivity contribution >= 4 is 99.5 Å². The van der Waals surface area contributed by atoms with Crippen LogP contribution >= 0.6 is 0 Å². The average molecular weight is 795 g/mol. The zero-order chi connectivity index (χ0) is 41.1. The molecule has 0 atom stereocenters. The predicted molar refractivity (Wildman–Crippen MR) is 259 cm³/mol. The van der Waals surface area contributed by atoms with Crippen molar-refractivity contribution in [2.24, 2.45) is 0 Å². The Kier molecular flexibility index (Phi) is 7.40. The number of aryl methyl sites for hydroxylation is 2. The van der Waals surface area contributed by atoms with Crippen molar-refractivity contribution in [3.8, 4) is 22.3 Å². The molecule has 0 spiro atoms. The van der Waals surface area contributed by atoms with Gasteiger partial charge in [0.25, 0.3) is 0 Å². The fourth-order valence-electron chi connectivity index (χ4n) is 9.87.